The fraction of sp³-hybridized carbons (Fsp3) is 0.333. The van der Waals surface area contributed by atoms with Crippen LogP contribution in [0.5, 0.6) is 5.75 Å². The zero-order valence-corrected chi connectivity index (χ0v) is 11.8. The van der Waals surface area contributed by atoms with Crippen LogP contribution in [0, 0.1) is 14.9 Å². The van der Waals surface area contributed by atoms with E-state index in [4.69, 9.17) is 5.26 Å². The van der Waals surface area contributed by atoms with Crippen LogP contribution < -0.4 is 5.32 Å². The first-order valence-electron chi connectivity index (χ1n) is 5.14. The highest BCUT2D eigenvalue weighted by Gasteiger charge is 2.24. The molecule has 17 heavy (non-hydrogen) atoms. The Kier molecular flexibility index (Phi) is 4.34. The molecular weight excluding hydrogens is 331 g/mol. The monoisotopic (exact) mass is 344 g/mol. The van der Waals surface area contributed by atoms with E-state index in [1.165, 1.54) is 6.07 Å². The molecule has 0 aliphatic heterocycles. The number of benzene rings is 1. The highest BCUT2D eigenvalue weighted by Crippen LogP contribution is 2.21. The molecule has 2 N–H and O–H groups in total. The van der Waals surface area contributed by atoms with Gasteiger partial charge in [0.25, 0.3) is 5.91 Å². The van der Waals surface area contributed by atoms with Crippen molar-refractivity contribution in [1.82, 2.24) is 5.32 Å². The number of aromatic hydroxyl groups is 1. The lowest BCUT2D eigenvalue weighted by molar-refractivity contribution is 0.0922. The minimum Gasteiger partial charge on any atom is -0.507 e. The first-order valence-corrected chi connectivity index (χ1v) is 6.22. The van der Waals surface area contributed by atoms with E-state index in [0.717, 1.165) is 0 Å². The van der Waals surface area contributed by atoms with E-state index in [2.05, 4.69) is 11.4 Å². The molecule has 1 rings (SSSR count). The Balaban J connectivity index is 2.91. The van der Waals surface area contributed by atoms with Gasteiger partial charge in [-0.2, -0.15) is 5.26 Å². The molecule has 0 saturated carbocycles. The van der Waals surface area contributed by atoms with Crippen molar-refractivity contribution in [1.29, 1.82) is 5.26 Å². The average molecular weight is 344 g/mol. The fourth-order valence-electron chi connectivity index (χ4n) is 1.17. The molecule has 0 bridgehead atoms. The third-order valence-electron chi connectivity index (χ3n) is 2.55. The van der Waals surface area contributed by atoms with Crippen molar-refractivity contribution < 1.29 is 9.90 Å². The van der Waals surface area contributed by atoms with Crippen molar-refractivity contribution >= 4 is 28.5 Å². The predicted molar refractivity (Wildman–Crippen MR) is 72.6 cm³/mol. The van der Waals surface area contributed by atoms with Gasteiger partial charge in [0.05, 0.1) is 9.64 Å². The maximum absolute atomic E-state index is 11.9. The summed E-state index contributed by atoms with van der Waals surface area (Å²) in [6.45, 7) is 3.49. The van der Waals surface area contributed by atoms with Crippen molar-refractivity contribution in [2.45, 2.75) is 25.8 Å². The number of nitriles is 1. The molecule has 1 atom stereocenters. The molecule has 90 valence electrons. The van der Waals surface area contributed by atoms with Crippen LogP contribution in [0.4, 0.5) is 0 Å². The molecule has 0 aliphatic carbocycles. The fourth-order valence-corrected chi connectivity index (χ4v) is 1.51. The van der Waals surface area contributed by atoms with Crippen LogP contribution in [0.15, 0.2) is 18.2 Å². The molecule has 0 spiro atoms. The third-order valence-corrected chi connectivity index (χ3v) is 3.46. The highest BCUT2D eigenvalue weighted by molar-refractivity contribution is 14.1. The van der Waals surface area contributed by atoms with Gasteiger partial charge in [0.2, 0.25) is 0 Å². The summed E-state index contributed by atoms with van der Waals surface area (Å²) in [7, 11) is 0. The van der Waals surface area contributed by atoms with Crippen LogP contribution in [0.2, 0.25) is 0 Å². The standard InChI is InChI=1S/C12H13IN2O2/c1-3-12(2,7-14)15-11(17)8-4-5-9(13)10(16)6-8/h4-6,16H,3H2,1-2H3,(H,15,17). The van der Waals surface area contributed by atoms with Crippen LogP contribution in [-0.2, 0) is 0 Å². The van der Waals surface area contributed by atoms with Gasteiger partial charge in [-0.25, -0.2) is 0 Å². The van der Waals surface area contributed by atoms with Gasteiger partial charge in [0, 0.05) is 5.56 Å². The molecule has 0 fully saturated rings. The number of halogens is 1. The third kappa shape index (κ3) is 3.33. The average Bonchev–Trinajstić information content (AvgIpc) is 2.32. The van der Waals surface area contributed by atoms with Crippen molar-refractivity contribution in [3.8, 4) is 11.8 Å². The van der Waals surface area contributed by atoms with E-state index in [-0.39, 0.29) is 11.7 Å². The second-order valence-corrected chi connectivity index (χ2v) is 5.08. The normalized spacial score (nSPS) is 13.5. The minimum atomic E-state index is -0.879. The lowest BCUT2D eigenvalue weighted by atomic mass is 10.0. The van der Waals surface area contributed by atoms with Gasteiger partial charge >= 0.3 is 0 Å². The van der Waals surface area contributed by atoms with Crippen LogP contribution >= 0.6 is 22.6 Å². The molecule has 5 heteroatoms. The minimum absolute atomic E-state index is 0.0633. The number of nitrogens with one attached hydrogen (secondary N) is 1. The van der Waals surface area contributed by atoms with Gasteiger partial charge in [-0.3, -0.25) is 4.79 Å². The number of phenolic OH excluding ortho intramolecular Hbond substituents is 1. The molecule has 0 aromatic heterocycles. The zero-order chi connectivity index (χ0) is 13.1. The number of amides is 1. The van der Waals surface area contributed by atoms with Crippen LogP contribution in [0.3, 0.4) is 0 Å². The first-order chi connectivity index (χ1) is 7.91. The number of rotatable bonds is 3. The zero-order valence-electron chi connectivity index (χ0n) is 9.62. The van der Waals surface area contributed by atoms with Crippen LogP contribution in [-0.4, -0.2) is 16.6 Å². The SMILES string of the molecule is CCC(C)(C#N)NC(=O)c1ccc(I)c(O)c1. The largest absolute Gasteiger partial charge is 0.507 e. The van der Waals surface area contributed by atoms with Gasteiger partial charge in [0.15, 0.2) is 0 Å². The Morgan fingerprint density at radius 2 is 2.29 bits per heavy atom. The second-order valence-electron chi connectivity index (χ2n) is 3.92. The molecule has 0 saturated heterocycles. The summed E-state index contributed by atoms with van der Waals surface area (Å²) in [5, 5.41) is 21.1. The predicted octanol–water partition coefficient (Wildman–Crippen LogP) is 2.42. The summed E-state index contributed by atoms with van der Waals surface area (Å²) in [5.41, 5.74) is -0.534. The molecular formula is C12H13IN2O2. The summed E-state index contributed by atoms with van der Waals surface area (Å²) in [5.74, 6) is -0.295. The molecule has 0 radical (unpaired) electrons. The summed E-state index contributed by atoms with van der Waals surface area (Å²) in [6.07, 6.45) is 0.519. The van der Waals surface area contributed by atoms with Crippen molar-refractivity contribution in [3.05, 3.63) is 27.3 Å². The van der Waals surface area contributed by atoms with Gasteiger partial charge in [-0.1, -0.05) is 6.92 Å². The van der Waals surface area contributed by atoms with Crippen molar-refractivity contribution in [2.24, 2.45) is 0 Å². The molecule has 1 unspecified atom stereocenters. The topological polar surface area (TPSA) is 73.1 Å². The molecule has 1 aromatic carbocycles. The number of hydrogen-bond donors (Lipinski definition) is 2. The van der Waals surface area contributed by atoms with Crippen molar-refractivity contribution in [3.63, 3.8) is 0 Å². The second kappa shape index (κ2) is 5.36. The lowest BCUT2D eigenvalue weighted by Crippen LogP contribution is -2.44. The summed E-state index contributed by atoms with van der Waals surface area (Å²) in [4.78, 5) is 11.9. The maximum atomic E-state index is 11.9. The number of phenols is 1. The van der Waals surface area contributed by atoms with Crippen LogP contribution in [0.25, 0.3) is 0 Å². The number of hydrogen-bond acceptors (Lipinski definition) is 3. The summed E-state index contributed by atoms with van der Waals surface area (Å²) in [6, 6.07) is 6.72. The van der Waals surface area contributed by atoms with Crippen LogP contribution in [0.1, 0.15) is 30.6 Å². The first kappa shape index (κ1) is 13.8. The van der Waals surface area contributed by atoms with Crippen molar-refractivity contribution in [2.75, 3.05) is 0 Å². The number of carbonyl (C=O) groups is 1. The Morgan fingerprint density at radius 3 is 2.76 bits per heavy atom. The lowest BCUT2D eigenvalue weighted by Gasteiger charge is -2.21. The van der Waals surface area contributed by atoms with E-state index in [9.17, 15) is 9.90 Å². The molecule has 1 amide bonds. The van der Waals surface area contributed by atoms with Gasteiger partial charge in [-0.15, -0.1) is 0 Å². The Morgan fingerprint density at radius 1 is 1.65 bits per heavy atom. The Bertz CT molecular complexity index is 482. The smallest absolute Gasteiger partial charge is 0.252 e. The maximum Gasteiger partial charge on any atom is 0.252 e. The number of carbonyl (C=O) groups excluding carboxylic acids is 1. The molecule has 0 heterocycles. The van der Waals surface area contributed by atoms with E-state index < -0.39 is 5.54 Å². The summed E-state index contributed by atoms with van der Waals surface area (Å²) >= 11 is 1.97. The number of nitrogens with zero attached hydrogens (tertiary/aromatic N) is 1. The Hall–Kier alpha value is -1.29. The van der Waals surface area contributed by atoms with Gasteiger partial charge in [-0.05, 0) is 54.1 Å². The quantitative estimate of drug-likeness (QED) is 0.827. The van der Waals surface area contributed by atoms with E-state index >= 15 is 0 Å². The molecule has 1 aromatic rings. The van der Waals surface area contributed by atoms with Gasteiger partial charge < -0.3 is 10.4 Å². The Labute approximate surface area is 114 Å². The van der Waals surface area contributed by atoms with E-state index in [1.54, 1.807) is 19.1 Å². The highest BCUT2D eigenvalue weighted by atomic mass is 127. The van der Waals surface area contributed by atoms with E-state index in [1.807, 2.05) is 29.5 Å². The molecule has 4 nitrogen and oxygen atoms in total. The van der Waals surface area contributed by atoms with E-state index in [0.29, 0.717) is 15.6 Å². The summed E-state index contributed by atoms with van der Waals surface area (Å²) < 4.78 is 0.678. The van der Waals surface area contributed by atoms with Gasteiger partial charge in [0.1, 0.15) is 11.3 Å². The molecule has 0 aliphatic rings.